The molecule has 1 aliphatic heterocycles. The molecule has 1 heterocycles. The molecule has 0 aromatic rings. The van der Waals surface area contributed by atoms with Gasteiger partial charge in [-0.15, -0.1) is 0 Å². The van der Waals surface area contributed by atoms with E-state index in [9.17, 15) is 9.59 Å². The van der Waals surface area contributed by atoms with Crippen molar-refractivity contribution in [1.82, 2.24) is 14.7 Å². The molecule has 0 aromatic heterocycles. The number of likely N-dealkylation sites (N-methyl/N-ethyl adjacent to an activating group) is 1. The number of carbonyl (C=O) groups excluding carboxylic acids is 2. The fraction of sp³-hybridized carbons (Fsp3) is 0.875. The van der Waals surface area contributed by atoms with Crippen molar-refractivity contribution in [2.45, 2.75) is 40.2 Å². The molecule has 0 saturated carbocycles. The lowest BCUT2D eigenvalue weighted by Crippen LogP contribution is -2.48. The third-order valence-electron chi connectivity index (χ3n) is 4.38. The van der Waals surface area contributed by atoms with Crippen LogP contribution in [0.2, 0.25) is 0 Å². The number of nitrogens with zero attached hydrogens (tertiary/aromatic N) is 3. The van der Waals surface area contributed by atoms with Gasteiger partial charge in [-0.1, -0.05) is 13.8 Å². The Morgan fingerprint density at radius 2 is 1.73 bits per heavy atom. The van der Waals surface area contributed by atoms with E-state index in [4.69, 9.17) is 5.73 Å². The van der Waals surface area contributed by atoms with Gasteiger partial charge in [-0.25, -0.2) is 0 Å². The maximum atomic E-state index is 12.3. The highest BCUT2D eigenvalue weighted by atomic mass is 16.2. The van der Waals surface area contributed by atoms with Crippen LogP contribution in [0.15, 0.2) is 0 Å². The normalized spacial score (nSPS) is 18.2. The average Bonchev–Trinajstić information content (AvgIpc) is 2.72. The van der Waals surface area contributed by atoms with Crippen LogP contribution in [0.25, 0.3) is 0 Å². The van der Waals surface area contributed by atoms with Crippen molar-refractivity contribution in [3.8, 4) is 0 Å². The van der Waals surface area contributed by atoms with Gasteiger partial charge in [0, 0.05) is 39.3 Å². The number of nitrogens with two attached hydrogens (primary N) is 1. The Bertz CT molecular complexity index is 369. The van der Waals surface area contributed by atoms with E-state index in [1.54, 1.807) is 0 Å². The summed E-state index contributed by atoms with van der Waals surface area (Å²) < 4.78 is 0. The molecule has 1 saturated heterocycles. The van der Waals surface area contributed by atoms with Crippen LogP contribution in [0, 0.1) is 5.92 Å². The second-order valence-corrected chi connectivity index (χ2v) is 6.29. The van der Waals surface area contributed by atoms with Gasteiger partial charge in [0.25, 0.3) is 0 Å². The third-order valence-corrected chi connectivity index (χ3v) is 4.38. The molecule has 2 N–H and O–H groups in total. The first-order chi connectivity index (χ1) is 10.4. The Kier molecular flexibility index (Phi) is 7.82. The highest BCUT2D eigenvalue weighted by Crippen LogP contribution is 2.08. The number of rotatable bonds is 6. The Morgan fingerprint density at radius 1 is 1.09 bits per heavy atom. The van der Waals surface area contributed by atoms with Gasteiger partial charge in [-0.2, -0.15) is 0 Å². The maximum Gasteiger partial charge on any atom is 0.239 e. The van der Waals surface area contributed by atoms with E-state index in [1.165, 1.54) is 0 Å². The number of amides is 2. The van der Waals surface area contributed by atoms with E-state index in [2.05, 4.69) is 4.90 Å². The van der Waals surface area contributed by atoms with Crippen LogP contribution < -0.4 is 5.73 Å². The highest BCUT2D eigenvalue weighted by Gasteiger charge is 2.26. The summed E-state index contributed by atoms with van der Waals surface area (Å²) in [6, 6.07) is -0.427. The van der Waals surface area contributed by atoms with Gasteiger partial charge in [-0.05, 0) is 26.2 Å². The van der Waals surface area contributed by atoms with Crippen molar-refractivity contribution in [3.05, 3.63) is 0 Å². The minimum Gasteiger partial charge on any atom is -0.342 e. The number of carbonyl (C=O) groups is 2. The van der Waals surface area contributed by atoms with Crippen LogP contribution in [-0.2, 0) is 9.59 Å². The van der Waals surface area contributed by atoms with Crippen LogP contribution >= 0.6 is 0 Å². The molecule has 0 bridgehead atoms. The predicted molar refractivity (Wildman–Crippen MR) is 88.4 cm³/mol. The molecule has 6 nitrogen and oxygen atoms in total. The molecule has 0 unspecified atom stereocenters. The topological polar surface area (TPSA) is 69.9 Å². The van der Waals surface area contributed by atoms with Gasteiger partial charge in [0.05, 0.1) is 12.6 Å². The smallest absolute Gasteiger partial charge is 0.239 e. The summed E-state index contributed by atoms with van der Waals surface area (Å²) in [6.07, 6.45) is 0.891. The first-order valence-corrected chi connectivity index (χ1v) is 8.45. The minimum atomic E-state index is -0.427. The lowest BCUT2D eigenvalue weighted by Gasteiger charge is -2.27. The summed E-state index contributed by atoms with van der Waals surface area (Å²) in [7, 11) is 0. The largest absolute Gasteiger partial charge is 0.342 e. The molecule has 0 aromatic carbocycles. The molecule has 22 heavy (non-hydrogen) atoms. The zero-order valence-corrected chi connectivity index (χ0v) is 14.5. The second-order valence-electron chi connectivity index (χ2n) is 6.29. The van der Waals surface area contributed by atoms with E-state index in [0.29, 0.717) is 13.1 Å². The van der Waals surface area contributed by atoms with Crippen molar-refractivity contribution >= 4 is 11.8 Å². The monoisotopic (exact) mass is 312 g/mol. The molecule has 1 aliphatic rings. The summed E-state index contributed by atoms with van der Waals surface area (Å²) >= 11 is 0. The Labute approximate surface area is 134 Å². The van der Waals surface area contributed by atoms with Crippen molar-refractivity contribution in [2.75, 3.05) is 45.8 Å². The van der Waals surface area contributed by atoms with Crippen molar-refractivity contribution in [1.29, 1.82) is 0 Å². The first kappa shape index (κ1) is 18.9. The Balaban J connectivity index is 2.52. The standard InChI is InChI=1S/C16H32N4O2/c1-5-19(6-2)14(21)12-18-8-7-9-20(11-10-18)16(22)15(17)13(3)4/h13,15H,5-12,17H2,1-4H3/t15-/m0/s1. The van der Waals surface area contributed by atoms with Crippen LogP contribution in [0.4, 0.5) is 0 Å². The van der Waals surface area contributed by atoms with Crippen molar-refractivity contribution < 1.29 is 9.59 Å². The third kappa shape index (κ3) is 5.25. The minimum absolute atomic E-state index is 0.0342. The number of hydrogen-bond donors (Lipinski definition) is 1. The summed E-state index contributed by atoms with van der Waals surface area (Å²) in [5.41, 5.74) is 5.97. The molecule has 128 valence electrons. The van der Waals surface area contributed by atoms with Gasteiger partial charge in [0.2, 0.25) is 11.8 Å². The van der Waals surface area contributed by atoms with Crippen molar-refractivity contribution in [2.24, 2.45) is 11.7 Å². The fourth-order valence-corrected chi connectivity index (χ4v) is 2.71. The Hall–Kier alpha value is -1.14. The highest BCUT2D eigenvalue weighted by molar-refractivity contribution is 5.82. The van der Waals surface area contributed by atoms with E-state index >= 15 is 0 Å². The van der Waals surface area contributed by atoms with E-state index in [1.807, 2.05) is 37.5 Å². The van der Waals surface area contributed by atoms with E-state index in [-0.39, 0.29) is 17.7 Å². The van der Waals surface area contributed by atoms with Gasteiger partial charge in [0.15, 0.2) is 0 Å². The SMILES string of the molecule is CCN(CC)C(=O)CN1CCCN(C(=O)[C@@H](N)C(C)C)CC1. The van der Waals surface area contributed by atoms with E-state index < -0.39 is 6.04 Å². The molecular formula is C16H32N4O2. The predicted octanol–water partition coefficient (Wildman–Crippen LogP) is 0.372. The maximum absolute atomic E-state index is 12.3. The fourth-order valence-electron chi connectivity index (χ4n) is 2.71. The lowest BCUT2D eigenvalue weighted by molar-refractivity contribution is -0.133. The van der Waals surface area contributed by atoms with Crippen LogP contribution in [-0.4, -0.2) is 78.4 Å². The van der Waals surface area contributed by atoms with Gasteiger partial charge >= 0.3 is 0 Å². The zero-order valence-electron chi connectivity index (χ0n) is 14.5. The molecule has 6 heteroatoms. The van der Waals surface area contributed by atoms with Crippen LogP contribution in [0.3, 0.4) is 0 Å². The number of hydrogen-bond acceptors (Lipinski definition) is 4. The molecule has 1 atom stereocenters. The van der Waals surface area contributed by atoms with Crippen molar-refractivity contribution in [3.63, 3.8) is 0 Å². The van der Waals surface area contributed by atoms with Gasteiger partial charge < -0.3 is 15.5 Å². The molecular weight excluding hydrogens is 280 g/mol. The van der Waals surface area contributed by atoms with Gasteiger partial charge in [-0.3, -0.25) is 14.5 Å². The first-order valence-electron chi connectivity index (χ1n) is 8.45. The molecule has 0 spiro atoms. The Morgan fingerprint density at radius 3 is 2.27 bits per heavy atom. The summed E-state index contributed by atoms with van der Waals surface area (Å²) in [5.74, 6) is 0.353. The molecule has 2 amide bonds. The quantitative estimate of drug-likeness (QED) is 0.769. The average molecular weight is 312 g/mol. The van der Waals surface area contributed by atoms with Crippen LogP contribution in [0.1, 0.15) is 34.1 Å². The summed E-state index contributed by atoms with van der Waals surface area (Å²) in [6.45, 7) is 12.9. The van der Waals surface area contributed by atoms with E-state index in [0.717, 1.165) is 39.1 Å². The lowest BCUT2D eigenvalue weighted by atomic mass is 10.0. The zero-order chi connectivity index (χ0) is 16.7. The van der Waals surface area contributed by atoms with Gasteiger partial charge in [0.1, 0.15) is 0 Å². The van der Waals surface area contributed by atoms with Crippen LogP contribution in [0.5, 0.6) is 0 Å². The molecule has 0 aliphatic carbocycles. The molecule has 1 fully saturated rings. The second kappa shape index (κ2) is 9.10. The molecule has 1 rings (SSSR count). The molecule has 0 radical (unpaired) electrons. The summed E-state index contributed by atoms with van der Waals surface area (Å²) in [5, 5.41) is 0. The summed E-state index contributed by atoms with van der Waals surface area (Å²) in [4.78, 5) is 30.4.